The van der Waals surface area contributed by atoms with Crippen LogP contribution >= 0.6 is 0 Å². The van der Waals surface area contributed by atoms with E-state index in [0.717, 1.165) is 56.1 Å². The molecule has 0 aliphatic rings. The van der Waals surface area contributed by atoms with Crippen molar-refractivity contribution >= 4 is 35.9 Å². The minimum atomic E-state index is -0.639. The van der Waals surface area contributed by atoms with Crippen LogP contribution in [0.2, 0.25) is 0 Å². The van der Waals surface area contributed by atoms with Gasteiger partial charge >= 0.3 is 0 Å². The van der Waals surface area contributed by atoms with E-state index in [1.165, 1.54) is 71.0 Å². The van der Waals surface area contributed by atoms with Crippen LogP contribution < -0.4 is 11.1 Å². The topological polar surface area (TPSA) is 153 Å². The third-order valence-electron chi connectivity index (χ3n) is 10.7. The maximum Gasteiger partial charge on any atom is 0.242 e. The molecule has 0 aliphatic heterocycles. The highest BCUT2D eigenvalue weighted by Gasteiger charge is 2.27. The van der Waals surface area contributed by atoms with Gasteiger partial charge in [-0.15, -0.1) is 0 Å². The van der Waals surface area contributed by atoms with Crippen molar-refractivity contribution in [2.45, 2.75) is 129 Å². The van der Waals surface area contributed by atoms with Crippen LogP contribution in [0.25, 0.3) is 0 Å². The molecule has 0 fully saturated rings. The van der Waals surface area contributed by atoms with Crippen molar-refractivity contribution in [3.8, 4) is 0 Å². The smallest absolute Gasteiger partial charge is 0.242 e. The minimum Gasteiger partial charge on any atom is -0.368 e. The van der Waals surface area contributed by atoms with E-state index in [4.69, 9.17) is 5.73 Å². The molecule has 0 saturated carbocycles. The van der Waals surface area contributed by atoms with Gasteiger partial charge in [0.25, 0.3) is 0 Å². The first-order valence-corrected chi connectivity index (χ1v) is 22.3. The first kappa shape index (κ1) is 50.4. The van der Waals surface area contributed by atoms with E-state index < -0.39 is 5.91 Å². The summed E-state index contributed by atoms with van der Waals surface area (Å²) < 4.78 is 0. The molecule has 0 unspecified atom stereocenters. The summed E-state index contributed by atoms with van der Waals surface area (Å²) in [6.45, 7) is 4.29. The summed E-state index contributed by atoms with van der Waals surface area (Å²) in [6, 6.07) is 19.3. The number of unbranched alkanes of at least 4 members (excludes halogenated alkanes) is 14. The van der Waals surface area contributed by atoms with Gasteiger partial charge in [0.2, 0.25) is 35.9 Å². The monoisotopic (exact) mass is 819 g/mol. The number of rotatable bonds is 35. The fraction of sp³-hybridized carbons (Fsp3) is 0.617. The summed E-state index contributed by atoms with van der Waals surface area (Å²) in [5.74, 6) is -2.16. The van der Waals surface area contributed by atoms with Crippen molar-refractivity contribution in [2.24, 2.45) is 5.73 Å². The molecule has 0 aromatic heterocycles. The molecule has 12 nitrogen and oxygen atoms in total. The summed E-state index contributed by atoms with van der Waals surface area (Å²) in [6.07, 6.45) is 18.6. The van der Waals surface area contributed by atoms with E-state index >= 15 is 0 Å². The molecule has 328 valence electrons. The molecule has 0 saturated heterocycles. The Kier molecular flexibility index (Phi) is 27.5. The lowest BCUT2D eigenvalue weighted by atomic mass is 10.1. The van der Waals surface area contributed by atoms with Crippen molar-refractivity contribution < 1.29 is 28.8 Å². The van der Waals surface area contributed by atoms with Gasteiger partial charge in [0.05, 0.1) is 32.7 Å². The number of carbonyl (C=O) groups excluding carboxylic acids is 6. The molecule has 0 heterocycles. The maximum absolute atomic E-state index is 14.3. The number of primary amides is 1. The summed E-state index contributed by atoms with van der Waals surface area (Å²) in [5, 5.41) is 2.43. The normalized spacial score (nSPS) is 10.8. The second-order valence-corrected chi connectivity index (χ2v) is 15.6. The van der Waals surface area contributed by atoms with Crippen molar-refractivity contribution in [1.82, 2.24) is 24.9 Å². The van der Waals surface area contributed by atoms with Crippen LogP contribution in [-0.4, -0.2) is 114 Å². The lowest BCUT2D eigenvalue weighted by molar-refractivity contribution is -0.146. The van der Waals surface area contributed by atoms with Gasteiger partial charge in [-0.2, -0.15) is 0 Å². The molecular weight excluding hydrogens is 745 g/mol. The molecule has 2 rings (SSSR count). The summed E-state index contributed by atoms with van der Waals surface area (Å²) in [4.78, 5) is 84.6. The lowest BCUT2D eigenvalue weighted by Gasteiger charge is -2.31. The summed E-state index contributed by atoms with van der Waals surface area (Å²) in [5.41, 5.74) is 7.57. The highest BCUT2D eigenvalue weighted by molar-refractivity contribution is 5.91. The zero-order chi connectivity index (χ0) is 42.9. The van der Waals surface area contributed by atoms with Gasteiger partial charge in [-0.05, 0) is 36.8 Å². The van der Waals surface area contributed by atoms with Crippen LogP contribution in [0.5, 0.6) is 0 Å². The van der Waals surface area contributed by atoms with Crippen LogP contribution in [-0.2, 0) is 41.6 Å². The average molecular weight is 819 g/mol. The van der Waals surface area contributed by atoms with E-state index in [1.54, 1.807) is 0 Å². The predicted molar refractivity (Wildman–Crippen MR) is 235 cm³/mol. The number of hydrogen-bond donors (Lipinski definition) is 2. The Morgan fingerprint density at radius 1 is 0.475 bits per heavy atom. The summed E-state index contributed by atoms with van der Waals surface area (Å²) in [7, 11) is 0. The van der Waals surface area contributed by atoms with Crippen molar-refractivity contribution in [3.63, 3.8) is 0 Å². The molecule has 12 heteroatoms. The Morgan fingerprint density at radius 3 is 1.19 bits per heavy atom. The van der Waals surface area contributed by atoms with E-state index in [0.29, 0.717) is 38.8 Å². The van der Waals surface area contributed by atoms with Crippen molar-refractivity contribution in [2.75, 3.05) is 58.9 Å². The van der Waals surface area contributed by atoms with Crippen molar-refractivity contribution in [1.29, 1.82) is 0 Å². The lowest BCUT2D eigenvalue weighted by Crippen LogP contribution is -2.51. The fourth-order valence-electron chi connectivity index (χ4n) is 7.08. The predicted octanol–water partition coefficient (Wildman–Crippen LogP) is 6.30. The van der Waals surface area contributed by atoms with Gasteiger partial charge in [-0.3, -0.25) is 28.8 Å². The highest BCUT2D eigenvalue weighted by Crippen LogP contribution is 2.13. The maximum atomic E-state index is 14.3. The number of amides is 6. The number of benzene rings is 2. The van der Waals surface area contributed by atoms with Crippen LogP contribution in [0.15, 0.2) is 60.7 Å². The average Bonchev–Trinajstić information content (AvgIpc) is 3.24. The Hall–Kier alpha value is -4.74. The second kappa shape index (κ2) is 32.2. The van der Waals surface area contributed by atoms with E-state index in [-0.39, 0.29) is 69.4 Å². The number of nitrogens with two attached hydrogens (primary N) is 1. The minimum absolute atomic E-state index is 0.225. The van der Waals surface area contributed by atoms with E-state index in [1.807, 2.05) is 60.7 Å². The fourth-order valence-corrected chi connectivity index (χ4v) is 7.08. The van der Waals surface area contributed by atoms with Crippen LogP contribution in [0, 0.1) is 0 Å². The zero-order valence-electron chi connectivity index (χ0n) is 36.3. The molecular formula is C47H74N6O6. The first-order chi connectivity index (χ1) is 28.7. The number of nitrogens with one attached hydrogen (secondary N) is 1. The number of hydrogen-bond acceptors (Lipinski definition) is 6. The molecule has 0 spiro atoms. The van der Waals surface area contributed by atoms with E-state index in [2.05, 4.69) is 19.2 Å². The van der Waals surface area contributed by atoms with Gasteiger partial charge in [0, 0.05) is 26.2 Å². The van der Waals surface area contributed by atoms with Gasteiger partial charge < -0.3 is 30.7 Å². The highest BCUT2D eigenvalue weighted by atomic mass is 16.2. The summed E-state index contributed by atoms with van der Waals surface area (Å²) >= 11 is 0. The molecule has 0 aliphatic carbocycles. The largest absolute Gasteiger partial charge is 0.368 e. The SMILES string of the molecule is CCCCCCCCCCN(CC(=O)N(CCc1ccccc1)CC(=O)N(CCCCCCCCCC)CC(=O)N(CCc1ccccc1)CC(N)=O)C(=O)CNC=O. The third-order valence-corrected chi connectivity index (χ3v) is 10.7. The Balaban J connectivity index is 2.27. The Labute approximate surface area is 354 Å². The first-order valence-electron chi connectivity index (χ1n) is 22.3. The molecule has 3 N–H and O–H groups in total. The molecule has 59 heavy (non-hydrogen) atoms. The molecule has 2 aromatic carbocycles. The quantitative estimate of drug-likeness (QED) is 0.0616. The Bertz CT molecular complexity index is 1480. The van der Waals surface area contributed by atoms with Crippen LogP contribution in [0.1, 0.15) is 128 Å². The Morgan fingerprint density at radius 2 is 0.814 bits per heavy atom. The van der Waals surface area contributed by atoms with Gasteiger partial charge in [-0.1, -0.05) is 164 Å². The number of nitrogens with zero attached hydrogens (tertiary/aromatic N) is 4. The molecule has 2 aromatic rings. The van der Waals surface area contributed by atoms with Crippen LogP contribution in [0.4, 0.5) is 0 Å². The molecule has 6 amide bonds. The molecule has 0 atom stereocenters. The zero-order valence-corrected chi connectivity index (χ0v) is 36.3. The molecule has 0 bridgehead atoms. The van der Waals surface area contributed by atoms with E-state index in [9.17, 15) is 28.8 Å². The molecule has 0 radical (unpaired) electrons. The standard InChI is InChI=1S/C47H74N6O6/c1-3-5-7-9-11-13-15-23-31-50(44(56)35-49-40-54)37-47(59)53(34-30-42-27-21-18-22-28-42)39-45(57)51(32-24-16-14-12-10-8-6-4-2)38-46(58)52(36-43(48)55)33-29-41-25-19-17-20-26-41/h17-22,25-28,40H,3-16,23-24,29-39H2,1-2H3,(H2,48,55)(H,49,54). The third kappa shape index (κ3) is 23.4. The van der Waals surface area contributed by atoms with Crippen molar-refractivity contribution in [3.05, 3.63) is 71.8 Å². The second-order valence-electron chi connectivity index (χ2n) is 15.6. The van der Waals surface area contributed by atoms with Gasteiger partial charge in [0.15, 0.2) is 0 Å². The van der Waals surface area contributed by atoms with Crippen LogP contribution in [0.3, 0.4) is 0 Å². The van der Waals surface area contributed by atoms with Gasteiger partial charge in [0.1, 0.15) is 0 Å². The van der Waals surface area contributed by atoms with Gasteiger partial charge in [-0.25, -0.2) is 0 Å². The number of carbonyl (C=O) groups is 6.